The number of aromatic nitrogens is 4. The highest BCUT2D eigenvalue weighted by atomic mass is 35.5. The molecule has 4 rings (SSSR count). The molecule has 1 amide bonds. The maximum atomic E-state index is 13.3. The lowest BCUT2D eigenvalue weighted by Crippen LogP contribution is -2.48. The van der Waals surface area contributed by atoms with E-state index in [4.69, 9.17) is 27.9 Å². The van der Waals surface area contributed by atoms with Crippen LogP contribution in [0, 0.1) is 5.92 Å². The second-order valence-corrected chi connectivity index (χ2v) is 9.15. The lowest BCUT2D eigenvalue weighted by Gasteiger charge is -2.35. The van der Waals surface area contributed by atoms with E-state index in [0.717, 1.165) is 16.7 Å². The lowest BCUT2D eigenvalue weighted by atomic mass is 9.85. The number of benzene rings is 2. The fourth-order valence-corrected chi connectivity index (χ4v) is 4.93. The van der Waals surface area contributed by atoms with Gasteiger partial charge in [-0.05, 0) is 54.3 Å². The fraction of sp³-hybridized carbons (Fsp3) is 0.375. The Hall–Kier alpha value is -3.17. The number of carbonyl (C=O) groups is 2. The minimum atomic E-state index is -0.780. The third kappa shape index (κ3) is 5.41. The Labute approximate surface area is 212 Å². The maximum Gasteiger partial charge on any atom is 0.377 e. The Morgan fingerprint density at radius 2 is 1.77 bits per heavy atom. The molecule has 0 N–H and O–H groups in total. The van der Waals surface area contributed by atoms with Gasteiger partial charge in [-0.15, -0.1) is 4.68 Å². The van der Waals surface area contributed by atoms with E-state index in [0.29, 0.717) is 30.5 Å². The van der Waals surface area contributed by atoms with Crippen LogP contribution >= 0.6 is 23.2 Å². The van der Waals surface area contributed by atoms with E-state index in [2.05, 4.69) is 10.4 Å². The summed E-state index contributed by atoms with van der Waals surface area (Å²) < 4.78 is 7.12. The number of hydrogen-bond donors (Lipinski definition) is 0. The van der Waals surface area contributed by atoms with E-state index >= 15 is 0 Å². The highest BCUT2D eigenvalue weighted by Crippen LogP contribution is 2.30. The molecule has 1 aliphatic rings. The quantitative estimate of drug-likeness (QED) is 0.356. The zero-order chi connectivity index (χ0) is 24.9. The molecule has 35 heavy (non-hydrogen) atoms. The molecule has 184 valence electrons. The third-order valence-corrected chi connectivity index (χ3v) is 6.75. The van der Waals surface area contributed by atoms with Gasteiger partial charge >= 0.3 is 17.7 Å². The van der Waals surface area contributed by atoms with E-state index in [9.17, 15) is 14.4 Å². The van der Waals surface area contributed by atoms with Gasteiger partial charge in [0.2, 0.25) is 0 Å². The highest BCUT2D eigenvalue weighted by Gasteiger charge is 2.34. The van der Waals surface area contributed by atoms with Gasteiger partial charge in [-0.1, -0.05) is 66.0 Å². The number of hydrogen-bond acceptors (Lipinski definition) is 6. The van der Waals surface area contributed by atoms with E-state index < -0.39 is 11.7 Å². The van der Waals surface area contributed by atoms with Crippen molar-refractivity contribution in [2.45, 2.75) is 45.3 Å². The summed E-state index contributed by atoms with van der Waals surface area (Å²) in [6.45, 7) is 2.36. The van der Waals surface area contributed by atoms with Gasteiger partial charge < -0.3 is 9.64 Å². The summed E-state index contributed by atoms with van der Waals surface area (Å²) in [5, 5.41) is 7.99. The Kier molecular flexibility index (Phi) is 7.87. The van der Waals surface area contributed by atoms with Crippen LogP contribution in [0.15, 0.2) is 53.3 Å². The predicted octanol–water partition coefficient (Wildman–Crippen LogP) is 4.33. The molecule has 0 radical (unpaired) electrons. The Morgan fingerprint density at radius 3 is 2.46 bits per heavy atom. The van der Waals surface area contributed by atoms with Crippen molar-refractivity contribution in [1.29, 1.82) is 0 Å². The van der Waals surface area contributed by atoms with E-state index in [-0.39, 0.29) is 40.3 Å². The number of ether oxygens (including phenoxy) is 1. The number of nitrogens with zero attached hydrogens (tertiary/aromatic N) is 5. The molecule has 1 heterocycles. The standard InChI is InChI=1S/C24H25Cl2N5O4/c1-2-29(18-11-6-10-17(14-18)22(32)35-15-16-8-4-3-5-9-16)23(33)31-24(34)30(27-28-31)21-19(25)12-7-13-20(21)26/h3-5,7-9,12-13,17-18H,2,6,10-11,14-15H2,1H3. The topological polar surface area (TPSA) is 99.3 Å². The maximum absolute atomic E-state index is 13.3. The minimum Gasteiger partial charge on any atom is -0.461 e. The van der Waals surface area contributed by atoms with Gasteiger partial charge in [0, 0.05) is 12.6 Å². The second-order valence-electron chi connectivity index (χ2n) is 8.33. The lowest BCUT2D eigenvalue weighted by molar-refractivity contribution is -0.151. The predicted molar refractivity (Wildman–Crippen MR) is 131 cm³/mol. The molecule has 1 aromatic heterocycles. The van der Waals surface area contributed by atoms with Crippen LogP contribution in [0.3, 0.4) is 0 Å². The van der Waals surface area contributed by atoms with Crippen molar-refractivity contribution in [3.8, 4) is 5.69 Å². The van der Waals surface area contributed by atoms with Gasteiger partial charge in [0.05, 0.1) is 16.0 Å². The summed E-state index contributed by atoms with van der Waals surface area (Å²) in [5.74, 6) is -0.604. The van der Waals surface area contributed by atoms with Gasteiger partial charge in [-0.25, -0.2) is 9.59 Å². The third-order valence-electron chi connectivity index (χ3n) is 6.14. The van der Waals surface area contributed by atoms with E-state index in [1.807, 2.05) is 37.3 Å². The molecule has 0 bridgehead atoms. The van der Waals surface area contributed by atoms with Crippen LogP contribution in [-0.2, 0) is 16.1 Å². The van der Waals surface area contributed by atoms with Crippen molar-refractivity contribution in [3.05, 3.63) is 74.6 Å². The average Bonchev–Trinajstić information content (AvgIpc) is 3.24. The number of rotatable bonds is 6. The van der Waals surface area contributed by atoms with Crippen LogP contribution in [-0.4, -0.2) is 49.3 Å². The summed E-state index contributed by atoms with van der Waals surface area (Å²) in [6.07, 6.45) is 2.61. The smallest absolute Gasteiger partial charge is 0.377 e. The summed E-state index contributed by atoms with van der Waals surface area (Å²) in [6, 6.07) is 13.4. The number of carbonyl (C=O) groups excluding carboxylic acids is 2. The normalized spacial score (nSPS) is 17.7. The summed E-state index contributed by atoms with van der Waals surface area (Å²) >= 11 is 12.4. The first kappa shape index (κ1) is 24.9. The van der Waals surface area contributed by atoms with Gasteiger partial charge in [-0.3, -0.25) is 4.79 Å². The molecule has 1 saturated carbocycles. The summed E-state index contributed by atoms with van der Waals surface area (Å²) in [7, 11) is 0. The molecule has 1 fully saturated rings. The first-order valence-corrected chi connectivity index (χ1v) is 12.2. The van der Waals surface area contributed by atoms with Gasteiger partial charge in [0.1, 0.15) is 12.3 Å². The molecule has 0 saturated heterocycles. The van der Waals surface area contributed by atoms with Crippen molar-refractivity contribution in [2.75, 3.05) is 6.54 Å². The molecule has 11 heteroatoms. The van der Waals surface area contributed by atoms with Crippen LogP contribution < -0.4 is 5.69 Å². The van der Waals surface area contributed by atoms with Gasteiger partial charge in [0.25, 0.3) is 0 Å². The zero-order valence-electron chi connectivity index (χ0n) is 19.1. The monoisotopic (exact) mass is 517 g/mol. The largest absolute Gasteiger partial charge is 0.461 e. The Bertz CT molecular complexity index is 1240. The molecule has 0 aliphatic heterocycles. The average molecular weight is 518 g/mol. The second kappa shape index (κ2) is 11.0. The van der Waals surface area contributed by atoms with Crippen molar-refractivity contribution in [3.63, 3.8) is 0 Å². The Morgan fingerprint density at radius 1 is 1.06 bits per heavy atom. The molecule has 9 nitrogen and oxygen atoms in total. The number of halogens is 2. The van der Waals surface area contributed by atoms with Crippen LogP contribution in [0.25, 0.3) is 5.69 Å². The van der Waals surface area contributed by atoms with Crippen molar-refractivity contribution in [2.24, 2.45) is 5.92 Å². The fourth-order valence-electron chi connectivity index (χ4n) is 4.38. The molecular weight excluding hydrogens is 493 g/mol. The van der Waals surface area contributed by atoms with Crippen molar-refractivity contribution < 1.29 is 14.3 Å². The van der Waals surface area contributed by atoms with Crippen LogP contribution in [0.1, 0.15) is 38.2 Å². The summed E-state index contributed by atoms with van der Waals surface area (Å²) in [5.41, 5.74) is 0.291. The molecule has 2 aromatic carbocycles. The number of amides is 1. The van der Waals surface area contributed by atoms with Crippen molar-refractivity contribution in [1.82, 2.24) is 24.7 Å². The summed E-state index contributed by atoms with van der Waals surface area (Å²) in [4.78, 5) is 40.5. The van der Waals surface area contributed by atoms with E-state index in [1.54, 1.807) is 23.1 Å². The minimum absolute atomic E-state index is 0.154. The molecular formula is C24H25Cl2N5O4. The van der Waals surface area contributed by atoms with Gasteiger partial charge in [0.15, 0.2) is 0 Å². The number of para-hydroxylation sites is 1. The SMILES string of the molecule is CCN(C(=O)n1nnn(-c2c(Cl)cccc2Cl)c1=O)C1CCCC(C(=O)OCc2ccccc2)C1. The van der Waals surface area contributed by atoms with Crippen LogP contribution in [0.2, 0.25) is 10.0 Å². The van der Waals surface area contributed by atoms with Crippen molar-refractivity contribution >= 4 is 35.2 Å². The highest BCUT2D eigenvalue weighted by molar-refractivity contribution is 6.37. The Balaban J connectivity index is 1.48. The number of tetrazole rings is 1. The molecule has 3 aromatic rings. The van der Waals surface area contributed by atoms with Crippen LogP contribution in [0.4, 0.5) is 4.79 Å². The van der Waals surface area contributed by atoms with E-state index in [1.165, 1.54) is 0 Å². The first-order chi connectivity index (χ1) is 16.9. The van der Waals surface area contributed by atoms with Crippen LogP contribution in [0.5, 0.6) is 0 Å². The molecule has 2 atom stereocenters. The molecule has 1 aliphatic carbocycles. The van der Waals surface area contributed by atoms with Gasteiger partial charge in [-0.2, -0.15) is 4.68 Å². The molecule has 2 unspecified atom stereocenters. The molecule has 0 spiro atoms. The number of esters is 1. The zero-order valence-corrected chi connectivity index (χ0v) is 20.7. The first-order valence-electron chi connectivity index (χ1n) is 11.4.